The van der Waals surface area contributed by atoms with Crippen molar-refractivity contribution in [2.45, 2.75) is 46.1 Å². The molecule has 0 aliphatic carbocycles. The number of benzene rings is 1. The summed E-state index contributed by atoms with van der Waals surface area (Å²) in [6.45, 7) is 6.47. The van der Waals surface area contributed by atoms with Gasteiger partial charge in [0.05, 0.1) is 7.11 Å². The van der Waals surface area contributed by atoms with Crippen LogP contribution in [-0.2, 0) is 11.2 Å². The third kappa shape index (κ3) is 6.51. The maximum absolute atomic E-state index is 12.1. The molecule has 0 radical (unpaired) electrons. The van der Waals surface area contributed by atoms with E-state index in [1.54, 1.807) is 7.11 Å². The summed E-state index contributed by atoms with van der Waals surface area (Å²) >= 11 is 3.46. The van der Waals surface area contributed by atoms with E-state index in [0.29, 0.717) is 6.42 Å². The smallest absolute Gasteiger partial charge is 0.220 e. The molecular weight excluding hydrogens is 330 g/mol. The van der Waals surface area contributed by atoms with E-state index in [4.69, 9.17) is 4.74 Å². The molecule has 0 fully saturated rings. The first-order valence-corrected chi connectivity index (χ1v) is 8.47. The summed E-state index contributed by atoms with van der Waals surface area (Å²) in [5.74, 6) is 0.958. The molecule has 1 rings (SSSR count). The Balaban J connectivity index is 2.48. The second-order valence-electron chi connectivity index (χ2n) is 6.31. The molecular formula is C17H26BrNO2. The van der Waals surface area contributed by atoms with Crippen LogP contribution in [0.1, 0.15) is 39.2 Å². The third-order valence-electron chi connectivity index (χ3n) is 3.58. The zero-order valence-corrected chi connectivity index (χ0v) is 15.0. The Morgan fingerprint density at radius 2 is 1.90 bits per heavy atom. The van der Waals surface area contributed by atoms with Crippen LogP contribution in [0.5, 0.6) is 5.75 Å². The van der Waals surface area contributed by atoms with Crippen LogP contribution in [0, 0.1) is 5.41 Å². The SMILES string of the molecule is COc1ccc(CCC(=O)NC(CCBr)C(C)(C)C)cc1. The lowest BCUT2D eigenvalue weighted by Gasteiger charge is -2.31. The Morgan fingerprint density at radius 3 is 2.38 bits per heavy atom. The summed E-state index contributed by atoms with van der Waals surface area (Å²) in [5.41, 5.74) is 1.22. The van der Waals surface area contributed by atoms with Crippen molar-refractivity contribution >= 4 is 21.8 Å². The number of carbonyl (C=O) groups is 1. The summed E-state index contributed by atoms with van der Waals surface area (Å²) in [6, 6.07) is 8.06. The number of carbonyl (C=O) groups excluding carboxylic acids is 1. The van der Waals surface area contributed by atoms with Crippen LogP contribution in [-0.4, -0.2) is 24.4 Å². The average Bonchev–Trinajstić information content (AvgIpc) is 2.44. The summed E-state index contributed by atoms with van der Waals surface area (Å²) < 4.78 is 5.13. The molecule has 118 valence electrons. The highest BCUT2D eigenvalue weighted by Crippen LogP contribution is 2.22. The number of hydrogen-bond donors (Lipinski definition) is 1. The van der Waals surface area contributed by atoms with E-state index < -0.39 is 0 Å². The molecule has 21 heavy (non-hydrogen) atoms. The molecule has 0 heterocycles. The minimum Gasteiger partial charge on any atom is -0.497 e. The Bertz CT molecular complexity index is 437. The lowest BCUT2D eigenvalue weighted by Crippen LogP contribution is -2.44. The van der Waals surface area contributed by atoms with Gasteiger partial charge in [-0.05, 0) is 36.0 Å². The molecule has 4 heteroatoms. The standard InChI is InChI=1S/C17H26BrNO2/c1-17(2,3)15(11-12-18)19-16(20)10-7-13-5-8-14(21-4)9-6-13/h5-6,8-9,15H,7,10-12H2,1-4H3,(H,19,20). The summed E-state index contributed by atoms with van der Waals surface area (Å²) in [4.78, 5) is 12.1. The fourth-order valence-electron chi connectivity index (χ4n) is 2.15. The fourth-order valence-corrected chi connectivity index (χ4v) is 2.61. The molecule has 0 saturated heterocycles. The van der Waals surface area contributed by atoms with Crippen LogP contribution >= 0.6 is 15.9 Å². The zero-order valence-electron chi connectivity index (χ0n) is 13.4. The molecule has 0 aromatic heterocycles. The predicted molar refractivity (Wildman–Crippen MR) is 91.1 cm³/mol. The highest BCUT2D eigenvalue weighted by Gasteiger charge is 2.25. The van der Waals surface area contributed by atoms with Crippen LogP contribution < -0.4 is 10.1 Å². The molecule has 1 N–H and O–H groups in total. The van der Waals surface area contributed by atoms with Gasteiger partial charge in [-0.2, -0.15) is 0 Å². The van der Waals surface area contributed by atoms with Gasteiger partial charge in [-0.15, -0.1) is 0 Å². The second kappa shape index (κ2) is 8.42. The first kappa shape index (κ1) is 18.0. The number of ether oxygens (including phenoxy) is 1. The van der Waals surface area contributed by atoms with Gasteiger partial charge in [0, 0.05) is 17.8 Å². The van der Waals surface area contributed by atoms with Crippen molar-refractivity contribution in [3.05, 3.63) is 29.8 Å². The van der Waals surface area contributed by atoms with Crippen LogP contribution in [0.25, 0.3) is 0 Å². The highest BCUT2D eigenvalue weighted by molar-refractivity contribution is 9.09. The van der Waals surface area contributed by atoms with Crippen LogP contribution in [0.3, 0.4) is 0 Å². The number of alkyl halides is 1. The van der Waals surface area contributed by atoms with Crippen LogP contribution in [0.15, 0.2) is 24.3 Å². The van der Waals surface area contributed by atoms with Crippen molar-refractivity contribution in [1.82, 2.24) is 5.32 Å². The van der Waals surface area contributed by atoms with Crippen molar-refractivity contribution in [3.8, 4) is 5.75 Å². The molecule has 1 atom stereocenters. The Labute approximate surface area is 136 Å². The fraction of sp³-hybridized carbons (Fsp3) is 0.588. The van der Waals surface area contributed by atoms with Gasteiger partial charge < -0.3 is 10.1 Å². The van der Waals surface area contributed by atoms with Crippen molar-refractivity contribution in [2.24, 2.45) is 5.41 Å². The molecule has 1 unspecified atom stereocenters. The third-order valence-corrected chi connectivity index (χ3v) is 4.04. The quantitative estimate of drug-likeness (QED) is 0.752. The van der Waals surface area contributed by atoms with Crippen molar-refractivity contribution in [2.75, 3.05) is 12.4 Å². The van der Waals surface area contributed by atoms with Crippen LogP contribution in [0.4, 0.5) is 0 Å². The zero-order chi connectivity index (χ0) is 15.9. The number of methoxy groups -OCH3 is 1. The van der Waals surface area contributed by atoms with E-state index in [1.165, 1.54) is 0 Å². The van der Waals surface area contributed by atoms with E-state index in [2.05, 4.69) is 42.0 Å². The van der Waals surface area contributed by atoms with E-state index >= 15 is 0 Å². The van der Waals surface area contributed by atoms with Gasteiger partial charge >= 0.3 is 0 Å². The molecule has 0 bridgehead atoms. The maximum Gasteiger partial charge on any atom is 0.220 e. The minimum atomic E-state index is 0.0730. The normalized spacial score (nSPS) is 12.8. The minimum absolute atomic E-state index is 0.0730. The van der Waals surface area contributed by atoms with Crippen LogP contribution in [0.2, 0.25) is 0 Å². The van der Waals surface area contributed by atoms with Gasteiger partial charge in [0.2, 0.25) is 5.91 Å². The maximum atomic E-state index is 12.1. The van der Waals surface area contributed by atoms with Gasteiger partial charge in [0.1, 0.15) is 5.75 Å². The van der Waals surface area contributed by atoms with Gasteiger partial charge in [-0.25, -0.2) is 0 Å². The second-order valence-corrected chi connectivity index (χ2v) is 7.10. The van der Waals surface area contributed by atoms with E-state index in [9.17, 15) is 4.79 Å². The highest BCUT2D eigenvalue weighted by atomic mass is 79.9. The summed E-state index contributed by atoms with van der Waals surface area (Å²) in [6.07, 6.45) is 2.21. The molecule has 0 spiro atoms. The molecule has 0 aliphatic heterocycles. The van der Waals surface area contributed by atoms with Gasteiger partial charge in [-0.1, -0.05) is 48.8 Å². The molecule has 0 aliphatic rings. The Hall–Kier alpha value is -1.03. The Morgan fingerprint density at radius 1 is 1.29 bits per heavy atom. The number of rotatable bonds is 7. The lowest BCUT2D eigenvalue weighted by atomic mass is 9.85. The first-order valence-electron chi connectivity index (χ1n) is 7.35. The number of amides is 1. The van der Waals surface area contributed by atoms with Crippen molar-refractivity contribution < 1.29 is 9.53 Å². The first-order chi connectivity index (χ1) is 9.86. The number of nitrogens with one attached hydrogen (secondary N) is 1. The summed E-state index contributed by atoms with van der Waals surface area (Å²) in [5, 5.41) is 4.05. The van der Waals surface area contributed by atoms with E-state index in [-0.39, 0.29) is 17.4 Å². The van der Waals surface area contributed by atoms with Gasteiger partial charge in [0.15, 0.2) is 0 Å². The van der Waals surface area contributed by atoms with Crippen molar-refractivity contribution in [3.63, 3.8) is 0 Å². The predicted octanol–water partition coefficient (Wildman–Crippen LogP) is 3.94. The average molecular weight is 356 g/mol. The van der Waals surface area contributed by atoms with Crippen molar-refractivity contribution in [1.29, 1.82) is 0 Å². The Kier molecular flexibility index (Phi) is 7.23. The molecule has 1 aromatic rings. The molecule has 0 saturated carbocycles. The number of aryl methyl sites for hydroxylation is 1. The van der Waals surface area contributed by atoms with E-state index in [1.807, 2.05) is 24.3 Å². The molecule has 3 nitrogen and oxygen atoms in total. The van der Waals surface area contributed by atoms with Gasteiger partial charge in [-0.3, -0.25) is 4.79 Å². The topological polar surface area (TPSA) is 38.3 Å². The summed E-state index contributed by atoms with van der Waals surface area (Å²) in [7, 11) is 1.65. The van der Waals surface area contributed by atoms with Gasteiger partial charge in [0.25, 0.3) is 0 Å². The molecule has 1 amide bonds. The largest absolute Gasteiger partial charge is 0.497 e. The van der Waals surface area contributed by atoms with E-state index in [0.717, 1.165) is 29.5 Å². The number of halogens is 1. The monoisotopic (exact) mass is 355 g/mol. The number of hydrogen-bond acceptors (Lipinski definition) is 2. The lowest BCUT2D eigenvalue weighted by molar-refractivity contribution is -0.122. The molecule has 1 aromatic carbocycles.